The molecule has 1 aliphatic rings. The van der Waals surface area contributed by atoms with Gasteiger partial charge in [0.15, 0.2) is 0 Å². The molecule has 0 saturated carbocycles. The topological polar surface area (TPSA) is 87.5 Å². The van der Waals surface area contributed by atoms with Gasteiger partial charge >= 0.3 is 0 Å². The van der Waals surface area contributed by atoms with Crippen LogP contribution in [0.3, 0.4) is 0 Å². The van der Waals surface area contributed by atoms with Gasteiger partial charge in [-0.2, -0.15) is 5.10 Å². The fraction of sp³-hybridized carbons (Fsp3) is 0.571. The molecule has 2 heterocycles. The van der Waals surface area contributed by atoms with Gasteiger partial charge in [-0.1, -0.05) is 0 Å². The molecule has 3 amide bonds. The van der Waals surface area contributed by atoms with Gasteiger partial charge in [0.2, 0.25) is 17.7 Å². The maximum Gasteiger partial charge on any atom is 0.244 e. The van der Waals surface area contributed by atoms with Gasteiger partial charge in [0.05, 0.1) is 5.92 Å². The van der Waals surface area contributed by atoms with Crippen molar-refractivity contribution in [2.75, 3.05) is 33.2 Å². The average Bonchev–Trinajstić information content (AvgIpc) is 2.88. The minimum absolute atomic E-state index is 0.0877. The maximum absolute atomic E-state index is 12.4. The van der Waals surface area contributed by atoms with Gasteiger partial charge in [-0.15, -0.1) is 0 Å². The molecule has 1 atom stereocenters. The van der Waals surface area contributed by atoms with Gasteiger partial charge in [-0.3, -0.25) is 19.1 Å². The first kappa shape index (κ1) is 16.0. The van der Waals surface area contributed by atoms with Crippen molar-refractivity contribution in [2.24, 2.45) is 5.92 Å². The van der Waals surface area contributed by atoms with Gasteiger partial charge in [0.1, 0.15) is 6.54 Å². The summed E-state index contributed by atoms with van der Waals surface area (Å²) in [7, 11) is 1.56. The van der Waals surface area contributed by atoms with E-state index in [4.69, 9.17) is 0 Å². The average molecular weight is 307 g/mol. The molecule has 22 heavy (non-hydrogen) atoms. The zero-order valence-corrected chi connectivity index (χ0v) is 12.9. The Labute approximate surface area is 129 Å². The lowest BCUT2D eigenvalue weighted by Crippen LogP contribution is -2.42. The van der Waals surface area contributed by atoms with Gasteiger partial charge < -0.3 is 15.1 Å². The van der Waals surface area contributed by atoms with Gasteiger partial charge in [0, 0.05) is 52.5 Å². The van der Waals surface area contributed by atoms with Crippen molar-refractivity contribution in [1.29, 1.82) is 0 Å². The SMILES string of the molecule is CNC(=O)[C@@H]1CN(C(C)=O)CCN(C(=O)Cn2cccn2)C1. The van der Waals surface area contributed by atoms with Crippen molar-refractivity contribution in [3.63, 3.8) is 0 Å². The molecule has 0 aromatic carbocycles. The number of aromatic nitrogens is 2. The van der Waals surface area contributed by atoms with Crippen LogP contribution in [-0.2, 0) is 20.9 Å². The Hall–Kier alpha value is -2.38. The monoisotopic (exact) mass is 307 g/mol. The van der Waals surface area contributed by atoms with Gasteiger partial charge in [-0.25, -0.2) is 0 Å². The van der Waals surface area contributed by atoms with Crippen LogP contribution in [0.25, 0.3) is 0 Å². The number of carbonyl (C=O) groups excluding carboxylic acids is 3. The van der Waals surface area contributed by atoms with Crippen LogP contribution in [0.1, 0.15) is 6.92 Å². The van der Waals surface area contributed by atoms with E-state index in [1.165, 1.54) is 6.92 Å². The second kappa shape index (κ2) is 7.06. The summed E-state index contributed by atoms with van der Waals surface area (Å²) in [6.07, 6.45) is 3.33. The summed E-state index contributed by atoms with van der Waals surface area (Å²) in [5.41, 5.74) is 0. The van der Waals surface area contributed by atoms with Crippen LogP contribution in [0.5, 0.6) is 0 Å². The zero-order valence-electron chi connectivity index (χ0n) is 12.9. The van der Waals surface area contributed by atoms with Crippen molar-refractivity contribution in [3.8, 4) is 0 Å². The number of rotatable bonds is 3. The number of hydrogen-bond donors (Lipinski definition) is 1. The largest absolute Gasteiger partial charge is 0.359 e. The fourth-order valence-corrected chi connectivity index (χ4v) is 2.53. The molecular formula is C14H21N5O3. The summed E-state index contributed by atoms with van der Waals surface area (Å²) >= 11 is 0. The summed E-state index contributed by atoms with van der Waals surface area (Å²) in [4.78, 5) is 39.2. The molecular weight excluding hydrogens is 286 g/mol. The lowest BCUT2D eigenvalue weighted by Gasteiger charge is -2.23. The molecule has 1 aliphatic heterocycles. The molecule has 1 saturated heterocycles. The third-order valence-corrected chi connectivity index (χ3v) is 3.79. The Morgan fingerprint density at radius 3 is 2.50 bits per heavy atom. The third-order valence-electron chi connectivity index (χ3n) is 3.79. The molecule has 1 fully saturated rings. The van der Waals surface area contributed by atoms with Crippen LogP contribution in [0.15, 0.2) is 18.5 Å². The lowest BCUT2D eigenvalue weighted by molar-refractivity contribution is -0.133. The van der Waals surface area contributed by atoms with Gasteiger partial charge in [-0.05, 0) is 6.07 Å². The standard InChI is InChI=1S/C14H21N5O3/c1-11(20)17-6-7-18(9-12(8-17)14(22)15-2)13(21)10-19-5-3-4-16-19/h3-5,12H,6-10H2,1-2H3,(H,15,22)/t12-/m1/s1. The van der Waals surface area contributed by atoms with E-state index in [2.05, 4.69) is 10.4 Å². The number of amides is 3. The molecule has 0 radical (unpaired) electrons. The lowest BCUT2D eigenvalue weighted by atomic mass is 10.1. The predicted octanol–water partition coefficient (Wildman–Crippen LogP) is -1.06. The van der Waals surface area contributed by atoms with Crippen molar-refractivity contribution < 1.29 is 14.4 Å². The molecule has 2 rings (SSSR count). The molecule has 1 aromatic rings. The molecule has 0 spiro atoms. The summed E-state index contributed by atoms with van der Waals surface area (Å²) in [6, 6.07) is 1.75. The Kier molecular flexibility index (Phi) is 5.13. The summed E-state index contributed by atoms with van der Waals surface area (Å²) in [5, 5.41) is 6.61. The minimum atomic E-state index is -0.419. The van der Waals surface area contributed by atoms with Crippen molar-refractivity contribution >= 4 is 17.7 Å². The van der Waals surface area contributed by atoms with Crippen LogP contribution >= 0.6 is 0 Å². The van der Waals surface area contributed by atoms with Crippen molar-refractivity contribution in [2.45, 2.75) is 13.5 Å². The highest BCUT2D eigenvalue weighted by atomic mass is 16.2. The first-order valence-corrected chi connectivity index (χ1v) is 7.23. The van der Waals surface area contributed by atoms with Crippen LogP contribution < -0.4 is 5.32 Å². The molecule has 0 aliphatic carbocycles. The quantitative estimate of drug-likeness (QED) is 0.771. The van der Waals surface area contributed by atoms with E-state index in [9.17, 15) is 14.4 Å². The molecule has 0 unspecified atom stereocenters. The van der Waals surface area contributed by atoms with Crippen LogP contribution in [-0.4, -0.2) is 70.5 Å². The molecule has 8 nitrogen and oxygen atoms in total. The Balaban J connectivity index is 2.08. The Morgan fingerprint density at radius 2 is 1.91 bits per heavy atom. The number of carbonyl (C=O) groups is 3. The van der Waals surface area contributed by atoms with E-state index >= 15 is 0 Å². The number of nitrogens with zero attached hydrogens (tertiary/aromatic N) is 4. The van der Waals surface area contributed by atoms with E-state index in [0.29, 0.717) is 26.2 Å². The predicted molar refractivity (Wildman–Crippen MR) is 78.6 cm³/mol. The zero-order chi connectivity index (χ0) is 16.1. The highest BCUT2D eigenvalue weighted by molar-refractivity contribution is 5.82. The summed E-state index contributed by atoms with van der Waals surface area (Å²) < 4.78 is 1.55. The fourth-order valence-electron chi connectivity index (χ4n) is 2.53. The first-order chi connectivity index (χ1) is 10.5. The molecule has 0 bridgehead atoms. The normalized spacial score (nSPS) is 18.7. The van der Waals surface area contributed by atoms with Crippen molar-refractivity contribution in [1.82, 2.24) is 24.9 Å². The second-order valence-corrected chi connectivity index (χ2v) is 5.32. The Morgan fingerprint density at radius 1 is 1.23 bits per heavy atom. The van der Waals surface area contributed by atoms with E-state index in [1.807, 2.05) is 0 Å². The van der Waals surface area contributed by atoms with E-state index in [1.54, 1.807) is 40.0 Å². The second-order valence-electron chi connectivity index (χ2n) is 5.32. The Bertz CT molecular complexity index is 543. The van der Waals surface area contributed by atoms with E-state index in [0.717, 1.165) is 0 Å². The minimum Gasteiger partial charge on any atom is -0.359 e. The van der Waals surface area contributed by atoms with Gasteiger partial charge in [0.25, 0.3) is 0 Å². The highest BCUT2D eigenvalue weighted by Gasteiger charge is 2.30. The smallest absolute Gasteiger partial charge is 0.244 e. The number of nitrogens with one attached hydrogen (secondary N) is 1. The van der Waals surface area contributed by atoms with Crippen LogP contribution in [0.2, 0.25) is 0 Å². The van der Waals surface area contributed by atoms with Crippen LogP contribution in [0.4, 0.5) is 0 Å². The van der Waals surface area contributed by atoms with E-state index < -0.39 is 5.92 Å². The first-order valence-electron chi connectivity index (χ1n) is 7.23. The molecule has 120 valence electrons. The summed E-state index contributed by atoms with van der Waals surface area (Å²) in [5.74, 6) is -0.777. The van der Waals surface area contributed by atoms with E-state index in [-0.39, 0.29) is 24.3 Å². The molecule has 8 heteroatoms. The van der Waals surface area contributed by atoms with Crippen LogP contribution in [0, 0.1) is 5.92 Å². The maximum atomic E-state index is 12.4. The third kappa shape index (κ3) is 3.84. The summed E-state index contributed by atoms with van der Waals surface area (Å²) in [6.45, 7) is 3.11. The molecule has 1 aromatic heterocycles. The van der Waals surface area contributed by atoms with Crippen molar-refractivity contribution in [3.05, 3.63) is 18.5 Å². The highest BCUT2D eigenvalue weighted by Crippen LogP contribution is 2.11. The number of hydrogen-bond acceptors (Lipinski definition) is 4. The molecule has 1 N–H and O–H groups in total.